The SMILES string of the molecule is O=C(O)COc1ccc(-c2c3nc(c(-c4ccccn4)c4ccc([nH]4)c(-c4ccccn4)c4nc(c(-c5ccccn5)c5ccc2[nH]5)C=C4)C=C3)cc1. The molecule has 2 aliphatic heterocycles. The number of carboxylic acids is 1. The van der Waals surface area contributed by atoms with Crippen LogP contribution in [0.25, 0.3) is 91.3 Å². The zero-order valence-electron chi connectivity index (χ0n) is 28.1. The Balaban J connectivity index is 1.41. The van der Waals surface area contributed by atoms with E-state index in [1.165, 1.54) is 0 Å². The summed E-state index contributed by atoms with van der Waals surface area (Å²) in [5.74, 6) is -0.591. The number of carboxylic acid groups (broad SMARTS) is 1. The molecule has 10 heteroatoms. The fourth-order valence-corrected chi connectivity index (χ4v) is 6.71. The van der Waals surface area contributed by atoms with Crippen molar-refractivity contribution in [2.24, 2.45) is 0 Å². The van der Waals surface area contributed by atoms with Crippen molar-refractivity contribution in [2.45, 2.75) is 0 Å². The van der Waals surface area contributed by atoms with Crippen LogP contribution in [0.4, 0.5) is 0 Å². The van der Waals surface area contributed by atoms with Gasteiger partial charge in [-0.15, -0.1) is 0 Å². The lowest BCUT2D eigenvalue weighted by Gasteiger charge is -2.07. The Morgan fingerprint density at radius 3 is 1.28 bits per heavy atom. The Labute approximate surface area is 302 Å². The van der Waals surface area contributed by atoms with Crippen LogP contribution >= 0.6 is 0 Å². The van der Waals surface area contributed by atoms with Crippen molar-refractivity contribution in [3.05, 3.63) is 144 Å². The van der Waals surface area contributed by atoms with E-state index in [-0.39, 0.29) is 0 Å². The van der Waals surface area contributed by atoms with Crippen molar-refractivity contribution in [3.8, 4) is 50.6 Å². The van der Waals surface area contributed by atoms with Crippen molar-refractivity contribution in [3.63, 3.8) is 0 Å². The number of fused-ring (bicyclic) bond motifs is 8. The Morgan fingerprint density at radius 1 is 0.509 bits per heavy atom. The molecule has 10 nitrogen and oxygen atoms in total. The van der Waals surface area contributed by atoms with Crippen LogP contribution in [0.15, 0.2) is 122 Å². The summed E-state index contributed by atoms with van der Waals surface area (Å²) in [7, 11) is 0. The number of rotatable bonds is 7. The number of benzene rings is 1. The van der Waals surface area contributed by atoms with Crippen molar-refractivity contribution in [2.75, 3.05) is 6.61 Å². The maximum absolute atomic E-state index is 11.1. The molecule has 0 spiro atoms. The minimum absolute atomic E-state index is 0.430. The molecule has 9 rings (SSSR count). The summed E-state index contributed by atoms with van der Waals surface area (Å²) < 4.78 is 5.45. The molecule has 2 aliphatic rings. The number of nitrogens with one attached hydrogen (secondary N) is 2. The number of hydrogen-bond acceptors (Lipinski definition) is 7. The highest BCUT2D eigenvalue weighted by Crippen LogP contribution is 2.37. The quantitative estimate of drug-likeness (QED) is 0.150. The number of nitrogens with zero attached hydrogens (tertiary/aromatic N) is 5. The van der Waals surface area contributed by atoms with Crippen LogP contribution in [0.1, 0.15) is 22.8 Å². The van der Waals surface area contributed by atoms with Gasteiger partial charge in [0.05, 0.1) is 56.4 Å². The predicted octanol–water partition coefficient (Wildman–Crippen LogP) is 8.97. The van der Waals surface area contributed by atoms with E-state index < -0.39 is 12.6 Å². The van der Waals surface area contributed by atoms with Gasteiger partial charge in [0.2, 0.25) is 0 Å². The standard InChI is InChI=1S/C43H29N7O3/c51-39(52)25-53-27-12-10-26(11-13-27)40-31-14-16-33(47-31)41(28-7-1-4-22-44-28)35-18-20-37(49-35)43(30-9-3-6-24-46-30)38-21-19-36(50-38)42(29-8-2-5-23-45-29)34-17-15-32(40)48-34/h1-24,47,50H,25H2,(H,51,52). The van der Waals surface area contributed by atoms with Gasteiger partial charge in [-0.2, -0.15) is 0 Å². The van der Waals surface area contributed by atoms with E-state index in [0.29, 0.717) is 5.75 Å². The van der Waals surface area contributed by atoms with Crippen molar-refractivity contribution >= 4 is 52.3 Å². The van der Waals surface area contributed by atoms with E-state index >= 15 is 0 Å². The van der Waals surface area contributed by atoms with Gasteiger partial charge in [-0.1, -0.05) is 30.3 Å². The molecule has 0 atom stereocenters. The average molecular weight is 692 g/mol. The fraction of sp³-hybridized carbons (Fsp3) is 0.0233. The van der Waals surface area contributed by atoms with E-state index in [2.05, 4.69) is 9.97 Å². The number of hydrogen-bond donors (Lipinski definition) is 3. The number of carbonyl (C=O) groups is 1. The molecule has 1 aromatic carbocycles. The van der Waals surface area contributed by atoms with Crippen molar-refractivity contribution in [1.82, 2.24) is 34.9 Å². The highest BCUT2D eigenvalue weighted by atomic mass is 16.5. The minimum atomic E-state index is -1.04. The molecule has 0 amide bonds. The lowest BCUT2D eigenvalue weighted by molar-refractivity contribution is -0.139. The molecule has 0 saturated heterocycles. The topological polar surface area (TPSA) is 143 Å². The number of aromatic nitrogens is 7. The van der Waals surface area contributed by atoms with Crippen LogP contribution in [0.2, 0.25) is 0 Å². The normalized spacial score (nSPS) is 11.8. The maximum Gasteiger partial charge on any atom is 0.341 e. The van der Waals surface area contributed by atoms with E-state index in [9.17, 15) is 4.79 Å². The lowest BCUT2D eigenvalue weighted by Crippen LogP contribution is -2.09. The summed E-state index contributed by atoms with van der Waals surface area (Å²) >= 11 is 0. The van der Waals surface area contributed by atoms with Gasteiger partial charge in [0.15, 0.2) is 6.61 Å². The molecule has 0 fully saturated rings. The van der Waals surface area contributed by atoms with Crippen LogP contribution in [0.5, 0.6) is 5.75 Å². The van der Waals surface area contributed by atoms with Gasteiger partial charge in [0.25, 0.3) is 0 Å². The minimum Gasteiger partial charge on any atom is -0.482 e. The largest absolute Gasteiger partial charge is 0.482 e. The van der Waals surface area contributed by atoms with Crippen LogP contribution < -0.4 is 4.74 Å². The lowest BCUT2D eigenvalue weighted by atomic mass is 10.0. The van der Waals surface area contributed by atoms with Gasteiger partial charge in [0.1, 0.15) is 5.75 Å². The van der Waals surface area contributed by atoms with Gasteiger partial charge in [0, 0.05) is 46.4 Å². The van der Waals surface area contributed by atoms with E-state index in [1.54, 1.807) is 30.7 Å². The van der Waals surface area contributed by atoms with Crippen LogP contribution in [-0.4, -0.2) is 52.6 Å². The monoisotopic (exact) mass is 691 g/mol. The van der Waals surface area contributed by atoms with Crippen LogP contribution in [0.3, 0.4) is 0 Å². The molecule has 8 heterocycles. The second-order valence-electron chi connectivity index (χ2n) is 12.4. The van der Waals surface area contributed by atoms with Crippen molar-refractivity contribution < 1.29 is 14.6 Å². The molecule has 0 saturated carbocycles. The number of aliphatic carboxylic acids is 1. The summed E-state index contributed by atoms with van der Waals surface area (Å²) in [6, 6.07) is 33.0. The van der Waals surface area contributed by atoms with Crippen LogP contribution in [-0.2, 0) is 4.79 Å². The first-order valence-electron chi connectivity index (χ1n) is 16.9. The Kier molecular flexibility index (Phi) is 7.94. The molecular formula is C43H29N7O3. The average Bonchev–Trinajstić information content (AvgIpc) is 4.04. The second-order valence-corrected chi connectivity index (χ2v) is 12.4. The fourth-order valence-electron chi connectivity index (χ4n) is 6.71. The Morgan fingerprint density at radius 2 is 0.906 bits per heavy atom. The van der Waals surface area contributed by atoms with E-state index in [0.717, 1.165) is 89.7 Å². The highest BCUT2D eigenvalue weighted by Gasteiger charge is 2.19. The smallest absolute Gasteiger partial charge is 0.341 e. The molecule has 0 radical (unpaired) electrons. The molecule has 8 bridgehead atoms. The highest BCUT2D eigenvalue weighted by molar-refractivity contribution is 5.99. The number of ether oxygens (including phenoxy) is 1. The van der Waals surface area contributed by atoms with Crippen molar-refractivity contribution in [1.29, 1.82) is 0 Å². The zero-order chi connectivity index (χ0) is 35.7. The third kappa shape index (κ3) is 6.04. The van der Waals surface area contributed by atoms with Gasteiger partial charge in [-0.05, 0) is 103 Å². The summed E-state index contributed by atoms with van der Waals surface area (Å²) in [5, 5.41) is 9.13. The Bertz CT molecular complexity index is 2700. The summed E-state index contributed by atoms with van der Waals surface area (Å²) in [4.78, 5) is 43.2. The van der Waals surface area contributed by atoms with Crippen LogP contribution in [0, 0.1) is 0 Å². The first-order valence-corrected chi connectivity index (χ1v) is 16.9. The first-order chi connectivity index (χ1) is 26.1. The molecule has 254 valence electrons. The molecule has 0 aliphatic carbocycles. The van der Waals surface area contributed by atoms with E-state index in [4.69, 9.17) is 34.8 Å². The Hall–Kier alpha value is -7.46. The first kappa shape index (κ1) is 31.5. The molecule has 3 N–H and O–H groups in total. The molecule has 53 heavy (non-hydrogen) atoms. The number of pyridine rings is 3. The zero-order valence-corrected chi connectivity index (χ0v) is 28.1. The van der Waals surface area contributed by atoms with Gasteiger partial charge in [-0.3, -0.25) is 15.0 Å². The number of H-pyrrole nitrogens is 2. The van der Waals surface area contributed by atoms with Gasteiger partial charge < -0.3 is 19.8 Å². The second kappa shape index (κ2) is 13.3. The molecule has 6 aromatic heterocycles. The summed E-state index contributed by atoms with van der Waals surface area (Å²) in [5.41, 5.74) is 12.8. The van der Waals surface area contributed by atoms with E-state index in [1.807, 2.05) is 115 Å². The summed E-state index contributed by atoms with van der Waals surface area (Å²) in [6.07, 6.45) is 13.4. The summed E-state index contributed by atoms with van der Waals surface area (Å²) in [6.45, 7) is -0.430. The van der Waals surface area contributed by atoms with Gasteiger partial charge >= 0.3 is 5.97 Å². The maximum atomic E-state index is 11.1. The molecule has 0 unspecified atom stereocenters. The number of aromatic amines is 2. The van der Waals surface area contributed by atoms with Gasteiger partial charge in [-0.25, -0.2) is 14.8 Å². The predicted molar refractivity (Wildman–Crippen MR) is 207 cm³/mol. The molecule has 7 aromatic rings. The third-order valence-corrected chi connectivity index (χ3v) is 9.02. The third-order valence-electron chi connectivity index (χ3n) is 9.02. The molecular weight excluding hydrogens is 663 g/mol.